The van der Waals surface area contributed by atoms with Gasteiger partial charge in [0.1, 0.15) is 5.75 Å². The number of aliphatic hydroxyl groups excluding tert-OH is 1. The molecule has 0 bridgehead atoms. The Balaban J connectivity index is 2.20. The van der Waals surface area contributed by atoms with Crippen molar-refractivity contribution in [3.63, 3.8) is 0 Å². The zero-order chi connectivity index (χ0) is 13.8. The van der Waals surface area contributed by atoms with Crippen LogP contribution in [0.5, 0.6) is 5.75 Å². The van der Waals surface area contributed by atoms with Gasteiger partial charge < -0.3 is 15.2 Å². The van der Waals surface area contributed by atoms with Crippen LogP contribution in [0.1, 0.15) is 43.9 Å². The summed E-state index contributed by atoms with van der Waals surface area (Å²) in [6.07, 6.45) is 3.47. The number of rotatable bonds is 5. The van der Waals surface area contributed by atoms with Crippen molar-refractivity contribution in [3.05, 3.63) is 29.3 Å². The maximum atomic E-state index is 9.49. The highest BCUT2D eigenvalue weighted by Gasteiger charge is 2.24. The van der Waals surface area contributed by atoms with Gasteiger partial charge in [-0.1, -0.05) is 19.9 Å². The number of ether oxygens (including phenoxy) is 1. The zero-order valence-corrected chi connectivity index (χ0v) is 12.1. The van der Waals surface area contributed by atoms with Crippen LogP contribution in [-0.4, -0.2) is 24.9 Å². The molecule has 0 saturated carbocycles. The van der Waals surface area contributed by atoms with Gasteiger partial charge in [-0.05, 0) is 48.4 Å². The van der Waals surface area contributed by atoms with E-state index in [1.54, 1.807) is 7.11 Å². The summed E-state index contributed by atoms with van der Waals surface area (Å²) in [6.45, 7) is 4.47. The Morgan fingerprint density at radius 3 is 2.84 bits per heavy atom. The van der Waals surface area contributed by atoms with Crippen LogP contribution in [0, 0.1) is 5.92 Å². The summed E-state index contributed by atoms with van der Waals surface area (Å²) >= 11 is 0. The van der Waals surface area contributed by atoms with Crippen LogP contribution >= 0.6 is 0 Å². The van der Waals surface area contributed by atoms with Gasteiger partial charge in [-0.15, -0.1) is 0 Å². The molecule has 0 aliphatic heterocycles. The maximum Gasteiger partial charge on any atom is 0.119 e. The first kappa shape index (κ1) is 14.4. The fourth-order valence-electron chi connectivity index (χ4n) is 2.79. The Kier molecular flexibility index (Phi) is 4.83. The zero-order valence-electron chi connectivity index (χ0n) is 12.1. The van der Waals surface area contributed by atoms with Gasteiger partial charge in [0.25, 0.3) is 0 Å². The molecule has 0 aromatic heterocycles. The van der Waals surface area contributed by atoms with E-state index in [0.717, 1.165) is 18.6 Å². The first-order valence-corrected chi connectivity index (χ1v) is 7.19. The minimum atomic E-state index is 0.155. The van der Waals surface area contributed by atoms with Gasteiger partial charge in [0.15, 0.2) is 0 Å². The SMILES string of the molecule is COc1ccc2c(c1)C(NC(CO)C(C)C)CCC2. The van der Waals surface area contributed by atoms with Crippen molar-refractivity contribution in [2.24, 2.45) is 5.92 Å². The van der Waals surface area contributed by atoms with E-state index in [9.17, 15) is 5.11 Å². The van der Waals surface area contributed by atoms with Crippen LogP contribution in [0.15, 0.2) is 18.2 Å². The fraction of sp³-hybridized carbons (Fsp3) is 0.625. The summed E-state index contributed by atoms with van der Waals surface area (Å²) in [7, 11) is 1.71. The number of hydrogen-bond acceptors (Lipinski definition) is 3. The van der Waals surface area contributed by atoms with Crippen LogP contribution in [-0.2, 0) is 6.42 Å². The van der Waals surface area contributed by atoms with Crippen molar-refractivity contribution in [3.8, 4) is 5.75 Å². The lowest BCUT2D eigenvalue weighted by atomic mass is 9.86. The third-order valence-electron chi connectivity index (χ3n) is 4.08. The minimum Gasteiger partial charge on any atom is -0.497 e. The molecule has 106 valence electrons. The highest BCUT2D eigenvalue weighted by molar-refractivity contribution is 5.39. The van der Waals surface area contributed by atoms with Gasteiger partial charge >= 0.3 is 0 Å². The molecular formula is C16H25NO2. The molecule has 2 unspecified atom stereocenters. The lowest BCUT2D eigenvalue weighted by Crippen LogP contribution is -2.40. The number of methoxy groups -OCH3 is 1. The van der Waals surface area contributed by atoms with Gasteiger partial charge in [-0.2, -0.15) is 0 Å². The lowest BCUT2D eigenvalue weighted by molar-refractivity contribution is 0.194. The van der Waals surface area contributed by atoms with Crippen LogP contribution in [0.4, 0.5) is 0 Å². The molecule has 0 heterocycles. The highest BCUT2D eigenvalue weighted by atomic mass is 16.5. The predicted molar refractivity (Wildman–Crippen MR) is 77.5 cm³/mol. The van der Waals surface area contributed by atoms with E-state index in [4.69, 9.17) is 4.74 Å². The first-order chi connectivity index (χ1) is 9.15. The van der Waals surface area contributed by atoms with Gasteiger partial charge in [-0.3, -0.25) is 0 Å². The molecular weight excluding hydrogens is 238 g/mol. The van der Waals surface area contributed by atoms with E-state index < -0.39 is 0 Å². The van der Waals surface area contributed by atoms with Crippen molar-refractivity contribution in [1.82, 2.24) is 5.32 Å². The Bertz CT molecular complexity index is 417. The first-order valence-electron chi connectivity index (χ1n) is 7.19. The largest absolute Gasteiger partial charge is 0.497 e. The summed E-state index contributed by atoms with van der Waals surface area (Å²) in [5, 5.41) is 13.1. The lowest BCUT2D eigenvalue weighted by Gasteiger charge is -2.31. The maximum absolute atomic E-state index is 9.49. The van der Waals surface area contributed by atoms with Crippen LogP contribution < -0.4 is 10.1 Å². The summed E-state index contributed by atoms with van der Waals surface area (Å²) in [4.78, 5) is 0. The second-order valence-corrected chi connectivity index (χ2v) is 5.71. The topological polar surface area (TPSA) is 41.5 Å². The Hall–Kier alpha value is -1.06. The average Bonchev–Trinajstić information content (AvgIpc) is 2.43. The van der Waals surface area contributed by atoms with E-state index in [1.807, 2.05) is 6.07 Å². The molecule has 1 aliphatic rings. The van der Waals surface area contributed by atoms with Crippen LogP contribution in [0.3, 0.4) is 0 Å². The minimum absolute atomic E-state index is 0.155. The number of benzene rings is 1. The van der Waals surface area contributed by atoms with Gasteiger partial charge in [0.05, 0.1) is 13.7 Å². The van der Waals surface area contributed by atoms with Crippen molar-refractivity contribution in [2.45, 2.75) is 45.2 Å². The monoisotopic (exact) mass is 263 g/mol. The molecule has 3 nitrogen and oxygen atoms in total. The number of nitrogens with one attached hydrogen (secondary N) is 1. The van der Waals surface area contributed by atoms with Crippen LogP contribution in [0.2, 0.25) is 0 Å². The molecule has 19 heavy (non-hydrogen) atoms. The third-order valence-corrected chi connectivity index (χ3v) is 4.08. The molecule has 0 amide bonds. The quantitative estimate of drug-likeness (QED) is 0.858. The fourth-order valence-corrected chi connectivity index (χ4v) is 2.79. The van der Waals surface area contributed by atoms with Crippen molar-refractivity contribution < 1.29 is 9.84 Å². The summed E-state index contributed by atoms with van der Waals surface area (Å²) in [6, 6.07) is 6.83. The molecule has 3 heteroatoms. The summed E-state index contributed by atoms with van der Waals surface area (Å²) in [5.41, 5.74) is 2.75. The van der Waals surface area contributed by atoms with Crippen LogP contribution in [0.25, 0.3) is 0 Å². The predicted octanol–water partition coefficient (Wildman–Crippen LogP) is 2.68. The number of aliphatic hydroxyl groups is 1. The standard InChI is InChI=1S/C16H25NO2/c1-11(2)16(10-18)17-15-6-4-5-12-7-8-13(19-3)9-14(12)15/h7-9,11,15-18H,4-6,10H2,1-3H3. The molecule has 2 rings (SSSR count). The molecule has 2 atom stereocenters. The van der Waals surface area contributed by atoms with Gasteiger partial charge in [0.2, 0.25) is 0 Å². The van der Waals surface area contributed by atoms with E-state index in [1.165, 1.54) is 17.5 Å². The van der Waals surface area contributed by atoms with E-state index in [-0.39, 0.29) is 12.6 Å². The summed E-state index contributed by atoms with van der Waals surface area (Å²) in [5.74, 6) is 1.35. The smallest absolute Gasteiger partial charge is 0.119 e. The number of hydrogen-bond donors (Lipinski definition) is 2. The molecule has 2 N–H and O–H groups in total. The molecule has 0 radical (unpaired) electrons. The molecule has 1 aromatic rings. The second kappa shape index (κ2) is 6.40. The number of fused-ring (bicyclic) bond motifs is 1. The summed E-state index contributed by atoms with van der Waals surface area (Å²) < 4.78 is 5.33. The number of aryl methyl sites for hydroxylation is 1. The van der Waals surface area contributed by atoms with Gasteiger partial charge in [-0.25, -0.2) is 0 Å². The average molecular weight is 263 g/mol. The van der Waals surface area contributed by atoms with Crippen molar-refractivity contribution >= 4 is 0 Å². The highest BCUT2D eigenvalue weighted by Crippen LogP contribution is 2.33. The van der Waals surface area contributed by atoms with Gasteiger partial charge in [0, 0.05) is 12.1 Å². The normalized spacial score (nSPS) is 20.2. The Morgan fingerprint density at radius 1 is 1.42 bits per heavy atom. The molecule has 1 aliphatic carbocycles. The van der Waals surface area contributed by atoms with E-state index in [2.05, 4.69) is 31.3 Å². The van der Waals surface area contributed by atoms with Crippen molar-refractivity contribution in [2.75, 3.05) is 13.7 Å². The molecule has 1 aromatic carbocycles. The third kappa shape index (κ3) is 3.28. The van der Waals surface area contributed by atoms with Crippen molar-refractivity contribution in [1.29, 1.82) is 0 Å². The molecule has 0 spiro atoms. The Morgan fingerprint density at radius 2 is 2.21 bits per heavy atom. The molecule has 0 fully saturated rings. The van der Waals surface area contributed by atoms with E-state index in [0.29, 0.717) is 12.0 Å². The molecule has 0 saturated heterocycles. The Labute approximate surface area is 116 Å². The second-order valence-electron chi connectivity index (χ2n) is 5.71. The van der Waals surface area contributed by atoms with E-state index >= 15 is 0 Å².